The molecule has 0 radical (unpaired) electrons. The molecule has 1 fully saturated rings. The zero-order valence-corrected chi connectivity index (χ0v) is 16.1. The van der Waals surface area contributed by atoms with Crippen molar-refractivity contribution in [3.8, 4) is 0 Å². The minimum atomic E-state index is -1.02. The monoisotopic (exact) mass is 425 g/mol. The van der Waals surface area contributed by atoms with E-state index in [1.807, 2.05) is 0 Å². The van der Waals surface area contributed by atoms with Crippen molar-refractivity contribution in [3.05, 3.63) is 106 Å². The Labute approximate surface area is 175 Å². The number of carbonyl (C=O) groups excluding carboxylic acids is 2. The van der Waals surface area contributed by atoms with Crippen LogP contribution in [0.5, 0.6) is 0 Å². The van der Waals surface area contributed by atoms with Crippen molar-refractivity contribution in [1.82, 2.24) is 0 Å². The number of amides is 1. The molecule has 0 saturated carbocycles. The molecule has 4 nitrogen and oxygen atoms in total. The molecule has 1 amide bonds. The van der Waals surface area contributed by atoms with Gasteiger partial charge < -0.3 is 5.11 Å². The third-order valence-corrected chi connectivity index (χ3v) is 5.10. The number of Topliss-reactive ketones (excluding diaryl/α,β-unsaturated/α-hetero) is 1. The summed E-state index contributed by atoms with van der Waals surface area (Å²) in [6.45, 7) is 0. The van der Waals surface area contributed by atoms with Gasteiger partial charge in [-0.2, -0.15) is 0 Å². The maximum atomic E-state index is 13.5. The van der Waals surface area contributed by atoms with E-state index < -0.39 is 29.4 Å². The average molecular weight is 426 g/mol. The van der Waals surface area contributed by atoms with Gasteiger partial charge in [0.2, 0.25) is 0 Å². The molecular weight excluding hydrogens is 412 g/mol. The Morgan fingerprint density at radius 3 is 1.93 bits per heavy atom. The standard InChI is InChI=1S/C23H14ClF2NO3/c24-15-5-1-14(2-6-15)21(28)19-20(13-3-7-16(25)8-4-13)27(23(30)22(19)29)18-11-9-17(26)10-12-18/h1-12,20,28H/t20-/m0/s1. The van der Waals surface area contributed by atoms with Gasteiger partial charge in [0.1, 0.15) is 17.4 Å². The second kappa shape index (κ2) is 7.72. The Hall–Kier alpha value is -3.51. The summed E-state index contributed by atoms with van der Waals surface area (Å²) in [5.74, 6) is -3.17. The van der Waals surface area contributed by atoms with Crippen LogP contribution in [0, 0.1) is 11.6 Å². The van der Waals surface area contributed by atoms with Crippen LogP contribution in [0.25, 0.3) is 5.76 Å². The highest BCUT2D eigenvalue weighted by Crippen LogP contribution is 2.42. The van der Waals surface area contributed by atoms with Crippen molar-refractivity contribution in [2.24, 2.45) is 0 Å². The molecule has 0 bridgehead atoms. The van der Waals surface area contributed by atoms with Crippen LogP contribution in [-0.4, -0.2) is 16.8 Å². The lowest BCUT2D eigenvalue weighted by Gasteiger charge is -2.25. The normalized spacial score (nSPS) is 18.1. The summed E-state index contributed by atoms with van der Waals surface area (Å²) in [6, 6.07) is 15.4. The summed E-state index contributed by atoms with van der Waals surface area (Å²) in [5.41, 5.74) is 0.820. The van der Waals surface area contributed by atoms with Crippen molar-refractivity contribution in [1.29, 1.82) is 0 Å². The highest BCUT2D eigenvalue weighted by molar-refractivity contribution is 6.51. The second-order valence-corrected chi connectivity index (χ2v) is 7.14. The van der Waals surface area contributed by atoms with Gasteiger partial charge in [0, 0.05) is 16.3 Å². The van der Waals surface area contributed by atoms with Gasteiger partial charge in [-0.15, -0.1) is 0 Å². The first kappa shape index (κ1) is 19.8. The maximum absolute atomic E-state index is 13.5. The predicted molar refractivity (Wildman–Crippen MR) is 109 cm³/mol. The largest absolute Gasteiger partial charge is 0.507 e. The van der Waals surface area contributed by atoms with Crippen molar-refractivity contribution in [2.75, 3.05) is 4.90 Å². The molecule has 3 aromatic rings. The molecule has 7 heteroatoms. The van der Waals surface area contributed by atoms with E-state index in [4.69, 9.17) is 11.6 Å². The highest BCUT2D eigenvalue weighted by Gasteiger charge is 2.46. The van der Waals surface area contributed by atoms with E-state index >= 15 is 0 Å². The Morgan fingerprint density at radius 2 is 1.37 bits per heavy atom. The molecule has 1 N–H and O–H groups in total. The Balaban J connectivity index is 1.93. The van der Waals surface area contributed by atoms with Gasteiger partial charge in [-0.05, 0) is 66.2 Å². The number of aliphatic hydroxyl groups is 1. The summed E-state index contributed by atoms with van der Waals surface area (Å²) >= 11 is 5.89. The number of hydrogen-bond donors (Lipinski definition) is 1. The highest BCUT2D eigenvalue weighted by atomic mass is 35.5. The molecule has 1 atom stereocenters. The lowest BCUT2D eigenvalue weighted by Crippen LogP contribution is -2.29. The summed E-state index contributed by atoms with van der Waals surface area (Å²) < 4.78 is 26.9. The molecule has 1 heterocycles. The Morgan fingerprint density at radius 1 is 0.833 bits per heavy atom. The van der Waals surface area contributed by atoms with Crippen molar-refractivity contribution >= 4 is 34.7 Å². The number of aliphatic hydroxyl groups excluding tert-OH is 1. The first-order chi connectivity index (χ1) is 14.4. The molecule has 1 saturated heterocycles. The molecule has 1 aliphatic rings. The quantitative estimate of drug-likeness (QED) is 0.354. The first-order valence-corrected chi connectivity index (χ1v) is 9.32. The molecular formula is C23H14ClF2NO3. The molecule has 0 aliphatic carbocycles. The molecule has 0 aromatic heterocycles. The van der Waals surface area contributed by atoms with Gasteiger partial charge in [0.25, 0.3) is 11.7 Å². The van der Waals surface area contributed by atoms with Crippen LogP contribution < -0.4 is 4.90 Å². The van der Waals surface area contributed by atoms with Crippen LogP contribution in [0.1, 0.15) is 17.2 Å². The summed E-state index contributed by atoms with van der Waals surface area (Å²) in [5, 5.41) is 11.3. The van der Waals surface area contributed by atoms with Gasteiger partial charge >= 0.3 is 0 Å². The third kappa shape index (κ3) is 3.46. The van der Waals surface area contributed by atoms with Crippen LogP contribution in [-0.2, 0) is 9.59 Å². The van der Waals surface area contributed by atoms with E-state index in [0.29, 0.717) is 16.1 Å². The molecule has 150 valence electrons. The summed E-state index contributed by atoms with van der Waals surface area (Å²) in [6.07, 6.45) is 0. The van der Waals surface area contributed by atoms with Gasteiger partial charge in [0.05, 0.1) is 11.6 Å². The lowest BCUT2D eigenvalue weighted by atomic mass is 9.95. The van der Waals surface area contributed by atoms with E-state index in [9.17, 15) is 23.5 Å². The van der Waals surface area contributed by atoms with Gasteiger partial charge in [-0.1, -0.05) is 23.7 Å². The SMILES string of the molecule is O=C1C(=O)N(c2ccc(F)cc2)[C@@H](c2ccc(F)cc2)C1=C(O)c1ccc(Cl)cc1. The zero-order valence-electron chi connectivity index (χ0n) is 15.4. The minimum absolute atomic E-state index is 0.154. The number of rotatable bonds is 3. The molecule has 1 aliphatic heterocycles. The fourth-order valence-corrected chi connectivity index (χ4v) is 3.55. The van der Waals surface area contributed by atoms with Crippen LogP contribution in [0.2, 0.25) is 5.02 Å². The van der Waals surface area contributed by atoms with Crippen LogP contribution >= 0.6 is 11.6 Å². The van der Waals surface area contributed by atoms with E-state index in [0.717, 1.165) is 17.0 Å². The van der Waals surface area contributed by atoms with Gasteiger partial charge in [0.15, 0.2) is 0 Å². The number of hydrogen-bond acceptors (Lipinski definition) is 3. The predicted octanol–water partition coefficient (Wildman–Crippen LogP) is 5.24. The van der Waals surface area contributed by atoms with Crippen LogP contribution in [0.15, 0.2) is 78.4 Å². The fraction of sp³-hybridized carbons (Fsp3) is 0.0435. The van der Waals surface area contributed by atoms with Crippen LogP contribution in [0.3, 0.4) is 0 Å². The smallest absolute Gasteiger partial charge is 0.300 e. The average Bonchev–Trinajstić information content (AvgIpc) is 3.00. The van der Waals surface area contributed by atoms with E-state index in [1.54, 1.807) is 12.1 Å². The Bertz CT molecular complexity index is 1160. The van der Waals surface area contributed by atoms with E-state index in [2.05, 4.69) is 0 Å². The first-order valence-electron chi connectivity index (χ1n) is 8.95. The second-order valence-electron chi connectivity index (χ2n) is 6.70. The van der Waals surface area contributed by atoms with Crippen molar-refractivity contribution < 1.29 is 23.5 Å². The lowest BCUT2D eigenvalue weighted by molar-refractivity contribution is -0.132. The number of carbonyl (C=O) groups is 2. The van der Waals surface area contributed by atoms with Gasteiger partial charge in [-0.25, -0.2) is 8.78 Å². The summed E-state index contributed by atoms with van der Waals surface area (Å²) in [4.78, 5) is 27.0. The molecule has 3 aromatic carbocycles. The Kier molecular flexibility index (Phi) is 5.10. The topological polar surface area (TPSA) is 57.6 Å². The van der Waals surface area contributed by atoms with E-state index in [-0.39, 0.29) is 17.0 Å². The number of benzene rings is 3. The number of nitrogens with zero attached hydrogens (tertiary/aromatic N) is 1. The summed E-state index contributed by atoms with van der Waals surface area (Å²) in [7, 11) is 0. The molecule has 4 rings (SSSR count). The zero-order chi connectivity index (χ0) is 21.4. The van der Waals surface area contributed by atoms with Crippen molar-refractivity contribution in [2.45, 2.75) is 6.04 Å². The number of anilines is 1. The number of halogens is 3. The maximum Gasteiger partial charge on any atom is 0.300 e. The number of ketones is 1. The van der Waals surface area contributed by atoms with Crippen LogP contribution in [0.4, 0.5) is 14.5 Å². The van der Waals surface area contributed by atoms with Gasteiger partial charge in [-0.3, -0.25) is 14.5 Å². The molecule has 0 spiro atoms. The van der Waals surface area contributed by atoms with E-state index in [1.165, 1.54) is 48.5 Å². The minimum Gasteiger partial charge on any atom is -0.507 e. The molecule has 30 heavy (non-hydrogen) atoms. The third-order valence-electron chi connectivity index (χ3n) is 4.85. The van der Waals surface area contributed by atoms with Crippen molar-refractivity contribution in [3.63, 3.8) is 0 Å². The fourth-order valence-electron chi connectivity index (χ4n) is 3.42. The molecule has 0 unspecified atom stereocenters.